The average molecular weight is 200 g/mol. The van der Waals surface area contributed by atoms with E-state index < -0.39 is 12.7 Å². The van der Waals surface area contributed by atoms with Gasteiger partial charge in [0.05, 0.1) is 6.10 Å². The lowest BCUT2D eigenvalue weighted by Gasteiger charge is -2.13. The summed E-state index contributed by atoms with van der Waals surface area (Å²) in [5, 5.41) is 9.32. The van der Waals surface area contributed by atoms with E-state index in [0.717, 1.165) is 0 Å². The molecule has 1 aromatic rings. The molecule has 1 atom stereocenters. The summed E-state index contributed by atoms with van der Waals surface area (Å²) in [6.45, 7) is -1.26. The van der Waals surface area contributed by atoms with Crippen molar-refractivity contribution in [3.8, 4) is 5.75 Å². The number of aliphatic hydroxyl groups is 1. The Labute approximate surface area is 81.9 Å². The molecular weight excluding hydrogens is 189 g/mol. The van der Waals surface area contributed by atoms with Gasteiger partial charge in [0, 0.05) is 0 Å². The van der Waals surface area contributed by atoms with Crippen LogP contribution in [0.15, 0.2) is 18.2 Å². The highest BCUT2D eigenvalue weighted by atomic mass is 19.3. The number of benzene rings is 1. The highest BCUT2D eigenvalue weighted by molar-refractivity contribution is 6.35. The fraction of sp³-hybridized carbons (Fsp3) is 0.333. The maximum absolute atomic E-state index is 11.9. The molecule has 0 saturated heterocycles. The summed E-state index contributed by atoms with van der Waals surface area (Å²) < 4.78 is 28.2. The summed E-state index contributed by atoms with van der Waals surface area (Å²) in [5.41, 5.74) is 1.14. The predicted octanol–water partition coefficient (Wildman–Crippen LogP) is 0.600. The van der Waals surface area contributed by atoms with Crippen molar-refractivity contribution < 1.29 is 18.6 Å². The molecule has 14 heavy (non-hydrogen) atoms. The van der Waals surface area contributed by atoms with Crippen LogP contribution in [0.4, 0.5) is 8.78 Å². The minimum Gasteiger partial charge on any atom is -0.435 e. The third-order valence-electron chi connectivity index (χ3n) is 1.99. The molecule has 0 aliphatic rings. The van der Waals surface area contributed by atoms with Gasteiger partial charge in [0.15, 0.2) is 0 Å². The van der Waals surface area contributed by atoms with E-state index in [4.69, 9.17) is 0 Å². The van der Waals surface area contributed by atoms with Gasteiger partial charge >= 0.3 is 6.61 Å². The molecule has 5 heteroatoms. The Hall–Kier alpha value is -1.10. The molecule has 1 aromatic carbocycles. The van der Waals surface area contributed by atoms with Gasteiger partial charge in [-0.25, -0.2) is 0 Å². The van der Waals surface area contributed by atoms with Gasteiger partial charge in [-0.2, -0.15) is 8.78 Å². The van der Waals surface area contributed by atoms with Gasteiger partial charge < -0.3 is 9.84 Å². The van der Waals surface area contributed by atoms with Gasteiger partial charge in [-0.05, 0) is 24.0 Å². The summed E-state index contributed by atoms with van der Waals surface area (Å²) in [4.78, 5) is 0. The van der Waals surface area contributed by atoms with Crippen LogP contribution in [-0.4, -0.2) is 19.6 Å². The van der Waals surface area contributed by atoms with Gasteiger partial charge in [-0.3, -0.25) is 0 Å². The Morgan fingerprint density at radius 3 is 2.57 bits per heavy atom. The van der Waals surface area contributed by atoms with Gasteiger partial charge in [-0.1, -0.05) is 12.1 Å². The maximum atomic E-state index is 11.9. The topological polar surface area (TPSA) is 29.5 Å². The first-order valence-electron chi connectivity index (χ1n) is 4.24. The first-order chi connectivity index (χ1) is 6.52. The molecule has 0 radical (unpaired) electrons. The average Bonchev–Trinajstić information content (AvgIpc) is 2.07. The molecule has 0 aromatic heterocycles. The SMILES string of the molecule is Bc1c(OC(F)F)cccc1[C@@H](C)O. The van der Waals surface area contributed by atoms with Crippen LogP contribution in [0.1, 0.15) is 18.6 Å². The smallest absolute Gasteiger partial charge is 0.387 e. The second-order valence-electron chi connectivity index (χ2n) is 3.02. The van der Waals surface area contributed by atoms with E-state index in [9.17, 15) is 13.9 Å². The van der Waals surface area contributed by atoms with Crippen LogP contribution < -0.4 is 10.2 Å². The Balaban J connectivity index is 3.01. The summed E-state index contributed by atoms with van der Waals surface area (Å²) in [6, 6.07) is 4.71. The molecule has 0 heterocycles. The van der Waals surface area contributed by atoms with Crippen molar-refractivity contribution in [1.29, 1.82) is 0 Å². The number of hydrogen-bond acceptors (Lipinski definition) is 2. The fourth-order valence-electron chi connectivity index (χ4n) is 1.31. The van der Waals surface area contributed by atoms with Crippen molar-refractivity contribution in [1.82, 2.24) is 0 Å². The van der Waals surface area contributed by atoms with Crippen molar-refractivity contribution in [3.63, 3.8) is 0 Å². The lowest BCUT2D eigenvalue weighted by atomic mass is 9.87. The van der Waals surface area contributed by atoms with Crippen molar-refractivity contribution in [2.24, 2.45) is 0 Å². The molecule has 76 valence electrons. The van der Waals surface area contributed by atoms with Gasteiger partial charge in [0.2, 0.25) is 0 Å². The van der Waals surface area contributed by atoms with Crippen LogP contribution >= 0.6 is 0 Å². The Morgan fingerprint density at radius 2 is 2.07 bits per heavy atom. The third-order valence-corrected chi connectivity index (χ3v) is 1.99. The zero-order valence-electron chi connectivity index (χ0n) is 8.00. The highest BCUT2D eigenvalue weighted by Crippen LogP contribution is 2.16. The molecule has 1 rings (SSSR count). The Bertz CT molecular complexity index is 316. The zero-order chi connectivity index (χ0) is 10.7. The normalized spacial score (nSPS) is 12.9. The summed E-state index contributed by atoms with van der Waals surface area (Å²) in [5.74, 6) is 0.110. The molecule has 1 N–H and O–H groups in total. The lowest BCUT2D eigenvalue weighted by Crippen LogP contribution is -2.18. The van der Waals surface area contributed by atoms with E-state index in [-0.39, 0.29) is 5.75 Å². The van der Waals surface area contributed by atoms with Crippen LogP contribution in [0, 0.1) is 0 Å². The highest BCUT2D eigenvalue weighted by Gasteiger charge is 2.11. The molecule has 0 unspecified atom stereocenters. The standard InChI is InChI=1S/C9H11BF2O2/c1-5(13)6-3-2-4-7(8(6)10)14-9(11)12/h2-5,9,13H,10H2,1H3/t5-/m1/s1. The van der Waals surface area contributed by atoms with Crippen molar-refractivity contribution >= 4 is 13.3 Å². The van der Waals surface area contributed by atoms with Crippen LogP contribution in [0.3, 0.4) is 0 Å². The third kappa shape index (κ3) is 2.45. The Morgan fingerprint density at radius 1 is 1.43 bits per heavy atom. The maximum Gasteiger partial charge on any atom is 0.387 e. The van der Waals surface area contributed by atoms with Gasteiger partial charge in [0.25, 0.3) is 0 Å². The monoisotopic (exact) mass is 200 g/mol. The molecular formula is C9H11BF2O2. The number of aliphatic hydroxyl groups excluding tert-OH is 1. The van der Waals surface area contributed by atoms with Gasteiger partial charge in [0.1, 0.15) is 13.6 Å². The Kier molecular flexibility index (Phi) is 3.46. The summed E-state index contributed by atoms with van der Waals surface area (Å²) >= 11 is 0. The second kappa shape index (κ2) is 4.42. The van der Waals surface area contributed by atoms with Crippen molar-refractivity contribution in [2.75, 3.05) is 0 Å². The molecule has 2 nitrogen and oxygen atoms in total. The van der Waals surface area contributed by atoms with E-state index in [2.05, 4.69) is 4.74 Å². The number of rotatable bonds is 3. The number of alkyl halides is 2. The first kappa shape index (κ1) is 11.0. The minimum absolute atomic E-state index is 0.110. The van der Waals surface area contributed by atoms with Crippen LogP contribution in [0.25, 0.3) is 0 Å². The van der Waals surface area contributed by atoms with Crippen LogP contribution in [0.2, 0.25) is 0 Å². The molecule has 0 spiro atoms. The van der Waals surface area contributed by atoms with E-state index in [0.29, 0.717) is 11.0 Å². The molecule has 0 bridgehead atoms. The van der Waals surface area contributed by atoms with E-state index in [1.54, 1.807) is 26.9 Å². The molecule has 0 aliphatic carbocycles. The largest absolute Gasteiger partial charge is 0.435 e. The second-order valence-corrected chi connectivity index (χ2v) is 3.02. The molecule has 0 amide bonds. The molecule has 0 fully saturated rings. The fourth-order valence-corrected chi connectivity index (χ4v) is 1.31. The lowest BCUT2D eigenvalue weighted by molar-refractivity contribution is -0.0492. The van der Waals surface area contributed by atoms with Crippen LogP contribution in [-0.2, 0) is 0 Å². The number of hydrogen-bond donors (Lipinski definition) is 1. The first-order valence-corrected chi connectivity index (χ1v) is 4.24. The summed E-state index contributed by atoms with van der Waals surface area (Å²) in [6.07, 6.45) is -0.684. The zero-order valence-corrected chi connectivity index (χ0v) is 8.00. The predicted molar refractivity (Wildman–Crippen MR) is 51.9 cm³/mol. The number of ether oxygens (including phenoxy) is 1. The van der Waals surface area contributed by atoms with E-state index >= 15 is 0 Å². The van der Waals surface area contributed by atoms with Crippen molar-refractivity contribution in [3.05, 3.63) is 23.8 Å². The molecule has 0 saturated carbocycles. The molecule has 0 aliphatic heterocycles. The quantitative estimate of drug-likeness (QED) is 0.724. The minimum atomic E-state index is -2.84. The van der Waals surface area contributed by atoms with Crippen molar-refractivity contribution in [2.45, 2.75) is 19.6 Å². The van der Waals surface area contributed by atoms with E-state index in [1.807, 2.05) is 0 Å². The van der Waals surface area contributed by atoms with E-state index in [1.165, 1.54) is 6.07 Å². The van der Waals surface area contributed by atoms with Crippen LogP contribution in [0.5, 0.6) is 5.75 Å². The summed E-state index contributed by atoms with van der Waals surface area (Å²) in [7, 11) is 1.64. The number of halogens is 2. The van der Waals surface area contributed by atoms with Gasteiger partial charge in [-0.15, -0.1) is 0 Å².